The molecule has 3 rings (SSSR count). The van der Waals surface area contributed by atoms with Gasteiger partial charge in [-0.2, -0.15) is 0 Å². The highest BCUT2D eigenvalue weighted by atomic mass is 32.2. The second-order valence-corrected chi connectivity index (χ2v) is 8.82. The van der Waals surface area contributed by atoms with Crippen molar-refractivity contribution in [3.8, 4) is 0 Å². The largest absolute Gasteiger partial charge is 0.387 e. The van der Waals surface area contributed by atoms with Gasteiger partial charge in [0.15, 0.2) is 9.84 Å². The van der Waals surface area contributed by atoms with Gasteiger partial charge in [-0.3, -0.25) is 4.79 Å². The summed E-state index contributed by atoms with van der Waals surface area (Å²) in [6.07, 6.45) is 1.14. The first-order valence-corrected chi connectivity index (χ1v) is 10.9. The fraction of sp³-hybridized carbons (Fsp3) is 0.227. The molecule has 1 amide bonds. The molecule has 0 spiro atoms. The molecular formula is C22H23NO4S. The van der Waals surface area contributed by atoms with Gasteiger partial charge in [-0.15, -0.1) is 0 Å². The third-order valence-corrected chi connectivity index (χ3v) is 5.80. The lowest BCUT2D eigenvalue weighted by Crippen LogP contribution is -2.28. The van der Waals surface area contributed by atoms with Crippen molar-refractivity contribution in [2.24, 2.45) is 0 Å². The van der Waals surface area contributed by atoms with Gasteiger partial charge in [0.25, 0.3) is 0 Å². The van der Waals surface area contributed by atoms with Gasteiger partial charge in [0, 0.05) is 19.2 Å². The van der Waals surface area contributed by atoms with Crippen molar-refractivity contribution in [1.29, 1.82) is 0 Å². The Labute approximate surface area is 164 Å². The van der Waals surface area contributed by atoms with E-state index in [1.54, 1.807) is 24.3 Å². The predicted octanol–water partition coefficient (Wildman–Crippen LogP) is 3.03. The van der Waals surface area contributed by atoms with Gasteiger partial charge in [-0.25, -0.2) is 8.42 Å². The quantitative estimate of drug-likeness (QED) is 0.642. The zero-order valence-corrected chi connectivity index (χ0v) is 16.4. The van der Waals surface area contributed by atoms with Crippen molar-refractivity contribution in [2.45, 2.75) is 23.8 Å². The van der Waals surface area contributed by atoms with E-state index < -0.39 is 15.9 Å². The molecular weight excluding hydrogens is 374 g/mol. The summed E-state index contributed by atoms with van der Waals surface area (Å²) >= 11 is 0. The molecule has 6 heteroatoms. The summed E-state index contributed by atoms with van der Waals surface area (Å²) in [7, 11) is -3.22. The molecule has 0 radical (unpaired) electrons. The standard InChI is InChI=1S/C22H23NO4S/c1-28(26,27)18-12-9-16(10-13-18)11-14-22(25)23-15-21(24)20-8-4-6-17-5-2-3-7-19(17)20/h2-10,12-13,21,24H,11,14-15H2,1H3,(H,23,25). The van der Waals surface area contributed by atoms with Crippen LogP contribution in [0.15, 0.2) is 71.6 Å². The van der Waals surface area contributed by atoms with E-state index in [0.717, 1.165) is 28.2 Å². The Balaban J connectivity index is 1.54. The number of carbonyl (C=O) groups is 1. The SMILES string of the molecule is CS(=O)(=O)c1ccc(CCC(=O)NCC(O)c2cccc3ccccc23)cc1. The maximum Gasteiger partial charge on any atom is 0.220 e. The molecule has 28 heavy (non-hydrogen) atoms. The molecule has 0 aromatic heterocycles. The molecule has 0 fully saturated rings. The Morgan fingerprint density at radius 3 is 2.39 bits per heavy atom. The average molecular weight is 397 g/mol. The van der Waals surface area contributed by atoms with Crippen LogP contribution in [0, 0.1) is 0 Å². The molecule has 0 saturated carbocycles. The number of carbonyl (C=O) groups excluding carboxylic acids is 1. The maximum absolute atomic E-state index is 12.1. The third-order valence-electron chi connectivity index (χ3n) is 4.67. The predicted molar refractivity (Wildman–Crippen MR) is 110 cm³/mol. The summed E-state index contributed by atoms with van der Waals surface area (Å²) in [6, 6.07) is 20.1. The smallest absolute Gasteiger partial charge is 0.220 e. The Kier molecular flexibility index (Phi) is 6.11. The zero-order valence-electron chi connectivity index (χ0n) is 15.6. The fourth-order valence-electron chi connectivity index (χ4n) is 3.11. The van der Waals surface area contributed by atoms with Crippen LogP contribution < -0.4 is 5.32 Å². The second-order valence-electron chi connectivity index (χ2n) is 6.80. The highest BCUT2D eigenvalue weighted by molar-refractivity contribution is 7.90. The number of sulfone groups is 1. The van der Waals surface area contributed by atoms with Gasteiger partial charge in [-0.05, 0) is 40.5 Å². The first-order valence-electron chi connectivity index (χ1n) is 9.06. The summed E-state index contributed by atoms with van der Waals surface area (Å²) < 4.78 is 22.9. The van der Waals surface area contributed by atoms with Crippen molar-refractivity contribution in [3.05, 3.63) is 77.9 Å². The van der Waals surface area contributed by atoms with E-state index in [1.165, 1.54) is 0 Å². The van der Waals surface area contributed by atoms with E-state index >= 15 is 0 Å². The normalized spacial score (nSPS) is 12.6. The summed E-state index contributed by atoms with van der Waals surface area (Å²) in [5.74, 6) is -0.161. The van der Waals surface area contributed by atoms with Gasteiger partial charge in [0.1, 0.15) is 0 Å². The number of hydrogen-bond donors (Lipinski definition) is 2. The van der Waals surface area contributed by atoms with Crippen molar-refractivity contribution in [2.75, 3.05) is 12.8 Å². The topological polar surface area (TPSA) is 83.5 Å². The average Bonchev–Trinajstić information content (AvgIpc) is 2.69. The van der Waals surface area contributed by atoms with Crippen molar-refractivity contribution >= 4 is 26.5 Å². The number of aryl methyl sites for hydroxylation is 1. The van der Waals surface area contributed by atoms with Gasteiger partial charge in [-0.1, -0.05) is 54.6 Å². The molecule has 0 heterocycles. The lowest BCUT2D eigenvalue weighted by Gasteiger charge is -2.15. The number of aliphatic hydroxyl groups excluding tert-OH is 1. The van der Waals surface area contributed by atoms with Crippen LogP contribution in [0.1, 0.15) is 23.7 Å². The van der Waals surface area contributed by atoms with Crippen LogP contribution in [0.25, 0.3) is 10.8 Å². The van der Waals surface area contributed by atoms with Crippen LogP contribution in [-0.2, 0) is 21.1 Å². The molecule has 0 bridgehead atoms. The number of aliphatic hydroxyl groups is 1. The maximum atomic E-state index is 12.1. The zero-order chi connectivity index (χ0) is 20.1. The molecule has 2 N–H and O–H groups in total. The molecule has 0 aliphatic carbocycles. The lowest BCUT2D eigenvalue weighted by atomic mass is 10.0. The number of benzene rings is 3. The molecule has 146 valence electrons. The minimum absolute atomic E-state index is 0.139. The van der Waals surface area contributed by atoms with E-state index in [2.05, 4.69) is 5.32 Å². The van der Waals surface area contributed by atoms with E-state index in [4.69, 9.17) is 0 Å². The Morgan fingerprint density at radius 1 is 1.00 bits per heavy atom. The third kappa shape index (κ3) is 4.97. The van der Waals surface area contributed by atoms with Gasteiger partial charge in [0.2, 0.25) is 5.91 Å². The fourth-order valence-corrected chi connectivity index (χ4v) is 3.74. The summed E-state index contributed by atoms with van der Waals surface area (Å²) in [5.41, 5.74) is 1.67. The van der Waals surface area contributed by atoms with Crippen LogP contribution >= 0.6 is 0 Å². The Morgan fingerprint density at radius 2 is 1.68 bits per heavy atom. The number of fused-ring (bicyclic) bond motifs is 1. The molecule has 5 nitrogen and oxygen atoms in total. The highest BCUT2D eigenvalue weighted by Crippen LogP contribution is 2.23. The lowest BCUT2D eigenvalue weighted by molar-refractivity contribution is -0.121. The number of nitrogens with one attached hydrogen (secondary N) is 1. The Hall–Kier alpha value is -2.70. The van der Waals surface area contributed by atoms with Crippen molar-refractivity contribution < 1.29 is 18.3 Å². The summed E-state index contributed by atoms with van der Waals surface area (Å²) in [4.78, 5) is 12.4. The van der Waals surface area contributed by atoms with Crippen LogP contribution in [0.5, 0.6) is 0 Å². The summed E-state index contributed by atoms with van der Waals surface area (Å²) in [5, 5.41) is 15.3. The molecule has 1 unspecified atom stereocenters. The minimum Gasteiger partial charge on any atom is -0.387 e. The molecule has 0 saturated heterocycles. The minimum atomic E-state index is -3.22. The monoisotopic (exact) mass is 397 g/mol. The van der Waals surface area contributed by atoms with E-state index in [9.17, 15) is 18.3 Å². The molecule has 3 aromatic carbocycles. The van der Waals surface area contributed by atoms with Crippen molar-refractivity contribution in [1.82, 2.24) is 5.32 Å². The molecule has 1 atom stereocenters. The van der Waals surface area contributed by atoms with Crippen LogP contribution in [-0.4, -0.2) is 32.2 Å². The molecule has 3 aromatic rings. The van der Waals surface area contributed by atoms with Crippen LogP contribution in [0.4, 0.5) is 0 Å². The number of rotatable bonds is 7. The van der Waals surface area contributed by atoms with Gasteiger partial charge in [0.05, 0.1) is 11.0 Å². The molecule has 0 aliphatic heterocycles. The Bertz CT molecular complexity index is 1070. The number of amides is 1. The van der Waals surface area contributed by atoms with Crippen molar-refractivity contribution in [3.63, 3.8) is 0 Å². The van der Waals surface area contributed by atoms with Gasteiger partial charge >= 0.3 is 0 Å². The first kappa shape index (κ1) is 20.0. The van der Waals surface area contributed by atoms with E-state index in [-0.39, 0.29) is 23.8 Å². The summed E-state index contributed by atoms with van der Waals surface area (Å²) in [6.45, 7) is 0.139. The molecule has 0 aliphatic rings. The van der Waals surface area contributed by atoms with E-state index in [1.807, 2.05) is 42.5 Å². The second kappa shape index (κ2) is 8.54. The van der Waals surface area contributed by atoms with Crippen LogP contribution in [0.3, 0.4) is 0 Å². The van der Waals surface area contributed by atoms with E-state index in [0.29, 0.717) is 6.42 Å². The number of hydrogen-bond acceptors (Lipinski definition) is 4. The highest BCUT2D eigenvalue weighted by Gasteiger charge is 2.13. The van der Waals surface area contributed by atoms with Gasteiger partial charge < -0.3 is 10.4 Å². The first-order chi connectivity index (χ1) is 13.3. The van der Waals surface area contributed by atoms with Crippen LogP contribution in [0.2, 0.25) is 0 Å².